The quantitative estimate of drug-likeness (QED) is 0.651. The Balaban J connectivity index is 1.78. The molecule has 3 aliphatic carbocycles. The first-order chi connectivity index (χ1) is 10.8. The van der Waals surface area contributed by atoms with E-state index in [1.54, 1.807) is 11.1 Å². The standard InChI is InChI=1S/C18H24BNO2/c21-19(22)13-6-5-7-14(12-13)20-17-10-3-1-8-15(17)16-9-2-4-11-18(16)20/h3,5,7,10,13-14,21-22H,1-2,4,6,8-9,11-12H2. The average molecular weight is 297 g/mol. The highest BCUT2D eigenvalue weighted by atomic mass is 16.4. The minimum atomic E-state index is -1.20. The number of hydrogen-bond donors (Lipinski definition) is 2. The molecule has 116 valence electrons. The molecule has 0 aliphatic heterocycles. The zero-order valence-corrected chi connectivity index (χ0v) is 13.0. The third-order valence-electron chi connectivity index (χ3n) is 5.59. The van der Waals surface area contributed by atoms with Gasteiger partial charge in [-0.25, -0.2) is 0 Å². The second-order valence-corrected chi connectivity index (χ2v) is 6.95. The molecule has 3 aliphatic rings. The smallest absolute Gasteiger partial charge is 0.427 e. The van der Waals surface area contributed by atoms with Crippen molar-refractivity contribution in [1.29, 1.82) is 0 Å². The highest BCUT2D eigenvalue weighted by Crippen LogP contribution is 2.40. The van der Waals surface area contributed by atoms with E-state index in [0.29, 0.717) is 0 Å². The molecule has 2 N–H and O–H groups in total. The van der Waals surface area contributed by atoms with E-state index in [1.165, 1.54) is 43.5 Å². The first kappa shape index (κ1) is 14.3. The fourth-order valence-corrected chi connectivity index (χ4v) is 4.52. The summed E-state index contributed by atoms with van der Waals surface area (Å²) in [4.78, 5) is 0. The second-order valence-electron chi connectivity index (χ2n) is 6.95. The van der Waals surface area contributed by atoms with Gasteiger partial charge in [-0.1, -0.05) is 18.2 Å². The van der Waals surface area contributed by atoms with Crippen LogP contribution in [0.5, 0.6) is 0 Å². The maximum Gasteiger partial charge on any atom is 0.455 e. The summed E-state index contributed by atoms with van der Waals surface area (Å²) in [5, 5.41) is 19.1. The molecule has 4 heteroatoms. The second kappa shape index (κ2) is 5.75. The highest BCUT2D eigenvalue weighted by Gasteiger charge is 2.32. The maximum absolute atomic E-state index is 9.57. The van der Waals surface area contributed by atoms with E-state index >= 15 is 0 Å². The van der Waals surface area contributed by atoms with Crippen molar-refractivity contribution in [2.75, 3.05) is 0 Å². The van der Waals surface area contributed by atoms with Gasteiger partial charge in [-0.15, -0.1) is 0 Å². The van der Waals surface area contributed by atoms with Gasteiger partial charge in [-0.3, -0.25) is 0 Å². The molecule has 0 fully saturated rings. The van der Waals surface area contributed by atoms with Crippen molar-refractivity contribution in [3.63, 3.8) is 0 Å². The molecule has 0 radical (unpaired) electrons. The Bertz CT molecular complexity index is 630. The van der Waals surface area contributed by atoms with Crippen LogP contribution in [0.3, 0.4) is 0 Å². The summed E-state index contributed by atoms with van der Waals surface area (Å²) in [5.74, 6) is -0.0418. The monoisotopic (exact) mass is 297 g/mol. The summed E-state index contributed by atoms with van der Waals surface area (Å²) in [6, 6.07) is 0.277. The first-order valence-corrected chi connectivity index (χ1v) is 8.70. The lowest BCUT2D eigenvalue weighted by Gasteiger charge is -2.29. The van der Waals surface area contributed by atoms with Crippen molar-refractivity contribution in [2.24, 2.45) is 0 Å². The predicted molar refractivity (Wildman–Crippen MR) is 89.8 cm³/mol. The lowest BCUT2D eigenvalue weighted by atomic mass is 9.66. The molecule has 0 amide bonds. The Hall–Kier alpha value is -1.26. The molecule has 0 spiro atoms. The van der Waals surface area contributed by atoms with Gasteiger partial charge in [0.25, 0.3) is 0 Å². The molecule has 0 saturated heterocycles. The van der Waals surface area contributed by atoms with Crippen LogP contribution in [0, 0.1) is 0 Å². The Morgan fingerprint density at radius 1 is 1.05 bits per heavy atom. The van der Waals surface area contributed by atoms with Crippen molar-refractivity contribution in [3.8, 4) is 0 Å². The molecular formula is C18H24BNO2. The number of fused-ring (bicyclic) bond motifs is 3. The minimum absolute atomic E-state index is 0.0418. The number of aromatic nitrogens is 1. The van der Waals surface area contributed by atoms with Crippen LogP contribution in [0.15, 0.2) is 18.2 Å². The van der Waals surface area contributed by atoms with Crippen LogP contribution in [0.2, 0.25) is 5.82 Å². The topological polar surface area (TPSA) is 45.4 Å². The highest BCUT2D eigenvalue weighted by molar-refractivity contribution is 6.43. The van der Waals surface area contributed by atoms with Gasteiger partial charge >= 0.3 is 7.12 Å². The first-order valence-electron chi connectivity index (χ1n) is 8.70. The lowest BCUT2D eigenvalue weighted by Crippen LogP contribution is -2.26. The van der Waals surface area contributed by atoms with E-state index in [4.69, 9.17) is 0 Å². The zero-order chi connectivity index (χ0) is 15.1. The van der Waals surface area contributed by atoms with Gasteiger partial charge in [0.1, 0.15) is 0 Å². The molecule has 3 nitrogen and oxygen atoms in total. The number of nitrogens with zero attached hydrogens (tertiary/aromatic N) is 1. The average Bonchev–Trinajstić information content (AvgIpc) is 2.89. The molecule has 1 aromatic heterocycles. The summed E-state index contributed by atoms with van der Waals surface area (Å²) in [6.07, 6.45) is 17.9. The number of allylic oxidation sites excluding steroid dienone is 3. The van der Waals surface area contributed by atoms with Gasteiger partial charge in [0.05, 0.1) is 6.04 Å². The molecule has 0 aromatic carbocycles. The fraction of sp³-hybridized carbons (Fsp3) is 0.556. The van der Waals surface area contributed by atoms with Gasteiger partial charge in [-0.2, -0.15) is 0 Å². The van der Waals surface area contributed by atoms with Crippen molar-refractivity contribution in [3.05, 3.63) is 40.7 Å². The van der Waals surface area contributed by atoms with E-state index in [0.717, 1.165) is 19.3 Å². The van der Waals surface area contributed by atoms with Gasteiger partial charge in [0.2, 0.25) is 0 Å². The molecule has 1 aromatic rings. The van der Waals surface area contributed by atoms with Gasteiger partial charge in [0, 0.05) is 11.4 Å². The van der Waals surface area contributed by atoms with E-state index < -0.39 is 7.12 Å². The normalized spacial score (nSPS) is 26.6. The van der Waals surface area contributed by atoms with Crippen LogP contribution < -0.4 is 0 Å². The van der Waals surface area contributed by atoms with Crippen LogP contribution in [0.1, 0.15) is 60.7 Å². The van der Waals surface area contributed by atoms with E-state index in [9.17, 15) is 10.0 Å². The molecule has 2 unspecified atom stereocenters. The van der Waals surface area contributed by atoms with Gasteiger partial charge in [-0.05, 0) is 74.4 Å². The molecule has 4 rings (SSSR count). The summed E-state index contributed by atoms with van der Waals surface area (Å²) in [7, 11) is -1.20. The molecule has 1 heterocycles. The number of rotatable bonds is 2. The summed E-state index contributed by atoms with van der Waals surface area (Å²) in [5.41, 5.74) is 6.08. The van der Waals surface area contributed by atoms with Crippen LogP contribution in [-0.4, -0.2) is 21.7 Å². The Kier molecular flexibility index (Phi) is 3.75. The zero-order valence-electron chi connectivity index (χ0n) is 13.0. The maximum atomic E-state index is 9.57. The molecule has 2 atom stereocenters. The molecule has 0 bridgehead atoms. The van der Waals surface area contributed by atoms with E-state index in [-0.39, 0.29) is 11.9 Å². The molecular weight excluding hydrogens is 273 g/mol. The summed E-state index contributed by atoms with van der Waals surface area (Å²) < 4.78 is 2.52. The predicted octanol–water partition coefficient (Wildman–Crippen LogP) is 3.06. The van der Waals surface area contributed by atoms with Crippen molar-refractivity contribution in [2.45, 2.75) is 63.2 Å². The third-order valence-corrected chi connectivity index (χ3v) is 5.59. The largest absolute Gasteiger partial charge is 0.455 e. The lowest BCUT2D eigenvalue weighted by molar-refractivity contribution is 0.360. The number of hydrogen-bond acceptors (Lipinski definition) is 2. The molecule has 22 heavy (non-hydrogen) atoms. The van der Waals surface area contributed by atoms with Gasteiger partial charge < -0.3 is 14.6 Å². The van der Waals surface area contributed by atoms with Crippen LogP contribution in [-0.2, 0) is 19.3 Å². The third kappa shape index (κ3) is 2.29. The Labute approximate surface area is 132 Å². The minimum Gasteiger partial charge on any atom is -0.427 e. The summed E-state index contributed by atoms with van der Waals surface area (Å²) in [6.45, 7) is 0. The van der Waals surface area contributed by atoms with Crippen molar-refractivity contribution >= 4 is 13.2 Å². The fourth-order valence-electron chi connectivity index (χ4n) is 4.52. The van der Waals surface area contributed by atoms with Crippen LogP contribution >= 0.6 is 0 Å². The van der Waals surface area contributed by atoms with Crippen LogP contribution in [0.4, 0.5) is 0 Å². The SMILES string of the molecule is OB(O)C1CC=CC(n2c3c(c4c2CCCC4)CCC=C3)C1. The Morgan fingerprint density at radius 3 is 2.77 bits per heavy atom. The van der Waals surface area contributed by atoms with Crippen LogP contribution in [0.25, 0.3) is 6.08 Å². The Morgan fingerprint density at radius 2 is 1.91 bits per heavy atom. The van der Waals surface area contributed by atoms with Crippen molar-refractivity contribution in [1.82, 2.24) is 4.57 Å². The van der Waals surface area contributed by atoms with E-state index in [2.05, 4.69) is 28.9 Å². The van der Waals surface area contributed by atoms with E-state index in [1.807, 2.05) is 0 Å². The van der Waals surface area contributed by atoms with Gasteiger partial charge in [0.15, 0.2) is 0 Å². The van der Waals surface area contributed by atoms with Crippen molar-refractivity contribution < 1.29 is 10.0 Å². The molecule has 0 saturated carbocycles. The summed E-state index contributed by atoms with van der Waals surface area (Å²) >= 11 is 0.